The van der Waals surface area contributed by atoms with Crippen LogP contribution in [-0.4, -0.2) is 38.8 Å². The standard InChI is InChI=1S/C15H17NO7/c1-10(2)23-14(19)15(20,9-13(17)18)8-7-11-3-5-12(6-4-11)16(21)22/h3-8,10,20H,9H2,1-2H3,(H,17,18)/b8-7+. The van der Waals surface area contributed by atoms with E-state index in [1.807, 2.05) is 0 Å². The molecule has 1 unspecified atom stereocenters. The van der Waals surface area contributed by atoms with Crippen molar-refractivity contribution in [1.29, 1.82) is 0 Å². The zero-order valence-electron chi connectivity index (χ0n) is 12.6. The van der Waals surface area contributed by atoms with E-state index in [2.05, 4.69) is 0 Å². The zero-order chi connectivity index (χ0) is 17.6. The Balaban J connectivity index is 3.01. The van der Waals surface area contributed by atoms with Gasteiger partial charge in [-0.05, 0) is 37.6 Å². The zero-order valence-corrected chi connectivity index (χ0v) is 12.6. The first kappa shape index (κ1) is 18.3. The van der Waals surface area contributed by atoms with Crippen LogP contribution in [0.1, 0.15) is 25.8 Å². The van der Waals surface area contributed by atoms with Crippen molar-refractivity contribution in [3.05, 3.63) is 46.0 Å². The minimum absolute atomic E-state index is 0.109. The average Bonchev–Trinajstić information content (AvgIpc) is 2.44. The Hall–Kier alpha value is -2.74. The summed E-state index contributed by atoms with van der Waals surface area (Å²) >= 11 is 0. The van der Waals surface area contributed by atoms with Gasteiger partial charge in [-0.25, -0.2) is 4.79 Å². The number of ether oxygens (including phenoxy) is 1. The maximum atomic E-state index is 11.9. The molecule has 0 aliphatic carbocycles. The smallest absolute Gasteiger partial charge is 0.343 e. The predicted molar refractivity (Wildman–Crippen MR) is 80.6 cm³/mol. The monoisotopic (exact) mass is 323 g/mol. The van der Waals surface area contributed by atoms with Crippen molar-refractivity contribution in [2.24, 2.45) is 0 Å². The van der Waals surface area contributed by atoms with Crippen LogP contribution < -0.4 is 0 Å². The molecule has 8 nitrogen and oxygen atoms in total. The van der Waals surface area contributed by atoms with Gasteiger partial charge in [-0.1, -0.05) is 6.08 Å². The first-order valence-corrected chi connectivity index (χ1v) is 6.73. The summed E-state index contributed by atoms with van der Waals surface area (Å²) in [7, 11) is 0. The second-order valence-corrected chi connectivity index (χ2v) is 5.13. The molecular formula is C15H17NO7. The summed E-state index contributed by atoms with van der Waals surface area (Å²) in [5.74, 6) is -2.45. The first-order valence-electron chi connectivity index (χ1n) is 6.73. The van der Waals surface area contributed by atoms with Gasteiger partial charge >= 0.3 is 11.9 Å². The molecule has 0 fully saturated rings. The third-order valence-electron chi connectivity index (χ3n) is 2.77. The lowest BCUT2D eigenvalue weighted by molar-refractivity contribution is -0.384. The van der Waals surface area contributed by atoms with E-state index in [-0.39, 0.29) is 5.69 Å². The number of hydrogen-bond acceptors (Lipinski definition) is 6. The molecule has 8 heteroatoms. The van der Waals surface area contributed by atoms with Crippen LogP contribution in [0.15, 0.2) is 30.3 Å². The molecule has 1 aromatic carbocycles. The number of nitro benzene ring substituents is 1. The second-order valence-electron chi connectivity index (χ2n) is 5.13. The predicted octanol–water partition coefficient (Wildman–Crippen LogP) is 1.77. The molecule has 0 heterocycles. The average molecular weight is 323 g/mol. The Kier molecular flexibility index (Phi) is 5.97. The van der Waals surface area contributed by atoms with Crippen molar-refractivity contribution >= 4 is 23.7 Å². The highest BCUT2D eigenvalue weighted by molar-refractivity contribution is 5.88. The number of rotatable bonds is 7. The number of benzene rings is 1. The van der Waals surface area contributed by atoms with Gasteiger partial charge in [0.25, 0.3) is 5.69 Å². The van der Waals surface area contributed by atoms with Crippen LogP contribution in [-0.2, 0) is 14.3 Å². The summed E-state index contributed by atoms with van der Waals surface area (Å²) in [6.45, 7) is 3.14. The van der Waals surface area contributed by atoms with E-state index >= 15 is 0 Å². The van der Waals surface area contributed by atoms with Gasteiger partial charge in [0.1, 0.15) is 0 Å². The number of nitrogens with zero attached hydrogens (tertiary/aromatic N) is 1. The van der Waals surface area contributed by atoms with E-state index in [1.165, 1.54) is 30.3 Å². The van der Waals surface area contributed by atoms with Gasteiger partial charge in [-0.2, -0.15) is 0 Å². The molecule has 0 aromatic heterocycles. The van der Waals surface area contributed by atoms with Crippen LogP contribution in [0.3, 0.4) is 0 Å². The quantitative estimate of drug-likeness (QED) is 0.444. The Morgan fingerprint density at radius 1 is 1.35 bits per heavy atom. The fourth-order valence-electron chi connectivity index (χ4n) is 1.69. The first-order chi connectivity index (χ1) is 10.6. The Morgan fingerprint density at radius 3 is 2.35 bits per heavy atom. The molecule has 0 aliphatic heterocycles. The van der Waals surface area contributed by atoms with Gasteiger partial charge in [0.2, 0.25) is 0 Å². The van der Waals surface area contributed by atoms with E-state index in [9.17, 15) is 24.8 Å². The summed E-state index contributed by atoms with van der Waals surface area (Å²) < 4.78 is 4.86. The van der Waals surface area contributed by atoms with Crippen LogP contribution >= 0.6 is 0 Å². The molecule has 0 spiro atoms. The number of aliphatic hydroxyl groups is 1. The second kappa shape index (κ2) is 7.50. The number of non-ortho nitro benzene ring substituents is 1. The SMILES string of the molecule is CC(C)OC(=O)C(O)(/C=C/c1ccc([N+](=O)[O-])cc1)CC(=O)O. The highest BCUT2D eigenvalue weighted by Crippen LogP contribution is 2.19. The lowest BCUT2D eigenvalue weighted by Crippen LogP contribution is -2.41. The van der Waals surface area contributed by atoms with Crippen molar-refractivity contribution in [3.63, 3.8) is 0 Å². The number of aliphatic carboxylic acids is 1. The van der Waals surface area contributed by atoms with Crippen molar-refractivity contribution in [3.8, 4) is 0 Å². The fourth-order valence-corrected chi connectivity index (χ4v) is 1.69. The summed E-state index contributed by atoms with van der Waals surface area (Å²) in [4.78, 5) is 32.8. The summed E-state index contributed by atoms with van der Waals surface area (Å²) in [5, 5.41) is 29.7. The molecule has 0 radical (unpaired) electrons. The van der Waals surface area contributed by atoms with Gasteiger partial charge in [-0.3, -0.25) is 14.9 Å². The normalized spacial score (nSPS) is 13.7. The number of carboxylic acid groups (broad SMARTS) is 1. The van der Waals surface area contributed by atoms with Crippen molar-refractivity contribution in [1.82, 2.24) is 0 Å². The van der Waals surface area contributed by atoms with Gasteiger partial charge in [0.15, 0.2) is 5.60 Å². The molecule has 0 bridgehead atoms. The highest BCUT2D eigenvalue weighted by atomic mass is 16.6. The van der Waals surface area contributed by atoms with E-state index < -0.39 is 35.0 Å². The third-order valence-corrected chi connectivity index (χ3v) is 2.77. The number of nitro groups is 1. The number of hydrogen-bond donors (Lipinski definition) is 2. The molecule has 1 atom stereocenters. The summed E-state index contributed by atoms with van der Waals surface area (Å²) in [6.07, 6.45) is 0.930. The van der Waals surface area contributed by atoms with Crippen LogP contribution in [0.2, 0.25) is 0 Å². The van der Waals surface area contributed by atoms with Crippen LogP contribution in [0.25, 0.3) is 6.08 Å². The molecule has 0 aliphatic rings. The molecule has 124 valence electrons. The lowest BCUT2D eigenvalue weighted by atomic mass is 9.98. The third kappa shape index (κ3) is 5.51. The van der Waals surface area contributed by atoms with Crippen molar-refractivity contribution in [2.75, 3.05) is 0 Å². The van der Waals surface area contributed by atoms with Crippen LogP contribution in [0, 0.1) is 10.1 Å². The lowest BCUT2D eigenvalue weighted by Gasteiger charge is -2.22. The van der Waals surface area contributed by atoms with E-state index in [1.54, 1.807) is 13.8 Å². The van der Waals surface area contributed by atoms with Gasteiger partial charge in [0, 0.05) is 12.1 Å². The summed E-state index contributed by atoms with van der Waals surface area (Å²) in [5.41, 5.74) is -1.98. The Bertz CT molecular complexity index is 621. The Morgan fingerprint density at radius 2 is 1.91 bits per heavy atom. The molecule has 1 aromatic rings. The van der Waals surface area contributed by atoms with E-state index in [0.717, 1.165) is 6.08 Å². The Labute approximate surface area is 132 Å². The highest BCUT2D eigenvalue weighted by Gasteiger charge is 2.38. The van der Waals surface area contributed by atoms with Crippen molar-refractivity contribution < 1.29 is 29.5 Å². The molecular weight excluding hydrogens is 306 g/mol. The molecule has 2 N–H and O–H groups in total. The summed E-state index contributed by atoms with van der Waals surface area (Å²) in [6, 6.07) is 5.32. The topological polar surface area (TPSA) is 127 Å². The maximum Gasteiger partial charge on any atom is 0.343 e. The number of carbonyl (C=O) groups excluding carboxylic acids is 1. The van der Waals surface area contributed by atoms with Crippen LogP contribution in [0.4, 0.5) is 5.69 Å². The van der Waals surface area contributed by atoms with E-state index in [0.29, 0.717) is 5.56 Å². The number of carbonyl (C=O) groups is 2. The molecule has 0 saturated carbocycles. The molecule has 1 rings (SSSR count). The molecule has 0 amide bonds. The number of carboxylic acids is 1. The van der Waals surface area contributed by atoms with Crippen LogP contribution in [0.5, 0.6) is 0 Å². The van der Waals surface area contributed by atoms with Gasteiger partial charge in [-0.15, -0.1) is 0 Å². The maximum absolute atomic E-state index is 11.9. The van der Waals surface area contributed by atoms with Crippen molar-refractivity contribution in [2.45, 2.75) is 32.0 Å². The number of esters is 1. The largest absolute Gasteiger partial charge is 0.481 e. The minimum atomic E-state index is -2.32. The minimum Gasteiger partial charge on any atom is -0.481 e. The van der Waals surface area contributed by atoms with Gasteiger partial charge in [0.05, 0.1) is 17.4 Å². The van der Waals surface area contributed by atoms with Gasteiger partial charge < -0.3 is 14.9 Å². The molecule has 23 heavy (non-hydrogen) atoms. The fraction of sp³-hybridized carbons (Fsp3) is 0.333. The van der Waals surface area contributed by atoms with E-state index in [4.69, 9.17) is 9.84 Å². The molecule has 0 saturated heterocycles.